The van der Waals surface area contributed by atoms with Gasteiger partial charge in [-0.2, -0.15) is 0 Å². The molecule has 0 atom stereocenters. The Labute approximate surface area is 116 Å². The van der Waals surface area contributed by atoms with Gasteiger partial charge in [-0.1, -0.05) is 50.2 Å². The second kappa shape index (κ2) is 6.03. The van der Waals surface area contributed by atoms with E-state index in [1.165, 1.54) is 27.8 Å². The Hall–Kier alpha value is -1.60. The highest BCUT2D eigenvalue weighted by Gasteiger charge is 2.06. The first-order valence-electron chi connectivity index (χ1n) is 6.97. The van der Waals surface area contributed by atoms with Gasteiger partial charge in [0.1, 0.15) is 0 Å². The lowest BCUT2D eigenvalue weighted by molar-refractivity contribution is 0.589. The fourth-order valence-electron chi connectivity index (χ4n) is 2.27. The molecule has 0 aliphatic rings. The second-order valence-corrected chi connectivity index (χ2v) is 5.50. The lowest BCUT2D eigenvalue weighted by atomic mass is 9.95. The van der Waals surface area contributed by atoms with Crippen LogP contribution >= 0.6 is 0 Å². The van der Waals surface area contributed by atoms with Crippen LogP contribution in [0.1, 0.15) is 30.5 Å². The van der Waals surface area contributed by atoms with E-state index < -0.39 is 0 Å². The van der Waals surface area contributed by atoms with Crippen LogP contribution in [-0.2, 0) is 6.54 Å². The Bertz CT molecular complexity index is 555. The van der Waals surface area contributed by atoms with Gasteiger partial charge >= 0.3 is 0 Å². The van der Waals surface area contributed by atoms with E-state index in [1.807, 2.05) is 0 Å². The molecule has 0 saturated heterocycles. The van der Waals surface area contributed by atoms with Crippen LogP contribution in [0.15, 0.2) is 42.5 Å². The highest BCUT2D eigenvalue weighted by molar-refractivity contribution is 5.70. The van der Waals surface area contributed by atoms with Crippen molar-refractivity contribution in [3.05, 3.63) is 59.2 Å². The van der Waals surface area contributed by atoms with E-state index in [-0.39, 0.29) is 0 Å². The van der Waals surface area contributed by atoms with E-state index in [9.17, 15) is 0 Å². The Kier molecular flexibility index (Phi) is 4.39. The highest BCUT2D eigenvalue weighted by atomic mass is 14.9. The van der Waals surface area contributed by atoms with Crippen molar-refractivity contribution in [2.75, 3.05) is 0 Å². The van der Waals surface area contributed by atoms with Crippen LogP contribution in [0.4, 0.5) is 0 Å². The van der Waals surface area contributed by atoms with E-state index in [2.05, 4.69) is 75.5 Å². The maximum Gasteiger partial charge on any atom is 0.0208 e. The van der Waals surface area contributed by atoms with Crippen molar-refractivity contribution in [1.82, 2.24) is 5.32 Å². The molecule has 0 radical (unpaired) electrons. The van der Waals surface area contributed by atoms with Gasteiger partial charge in [-0.15, -0.1) is 0 Å². The maximum atomic E-state index is 3.47. The van der Waals surface area contributed by atoms with Gasteiger partial charge in [-0.25, -0.2) is 0 Å². The fraction of sp³-hybridized carbons (Fsp3) is 0.333. The molecule has 0 saturated carbocycles. The Balaban J connectivity index is 2.35. The molecule has 0 aromatic heterocycles. The highest BCUT2D eigenvalue weighted by Crippen LogP contribution is 2.27. The van der Waals surface area contributed by atoms with Gasteiger partial charge in [0.25, 0.3) is 0 Å². The van der Waals surface area contributed by atoms with E-state index in [0.29, 0.717) is 6.04 Å². The molecule has 0 heterocycles. The van der Waals surface area contributed by atoms with Crippen molar-refractivity contribution in [2.24, 2.45) is 0 Å². The third kappa shape index (κ3) is 3.45. The first-order chi connectivity index (χ1) is 9.08. The van der Waals surface area contributed by atoms with E-state index in [1.54, 1.807) is 0 Å². The average Bonchev–Trinajstić information content (AvgIpc) is 2.38. The first-order valence-corrected chi connectivity index (χ1v) is 6.97. The van der Waals surface area contributed by atoms with Crippen molar-refractivity contribution in [3.63, 3.8) is 0 Å². The third-order valence-electron chi connectivity index (χ3n) is 3.45. The van der Waals surface area contributed by atoms with Crippen molar-refractivity contribution >= 4 is 0 Å². The molecule has 100 valence electrons. The number of benzene rings is 2. The lowest BCUT2D eigenvalue weighted by Gasteiger charge is -2.13. The summed E-state index contributed by atoms with van der Waals surface area (Å²) in [7, 11) is 0. The summed E-state index contributed by atoms with van der Waals surface area (Å²) >= 11 is 0. The molecule has 0 amide bonds. The van der Waals surface area contributed by atoms with Gasteiger partial charge in [0.05, 0.1) is 0 Å². The minimum absolute atomic E-state index is 0.517. The normalized spacial score (nSPS) is 11.0. The minimum Gasteiger partial charge on any atom is -0.310 e. The Morgan fingerprint density at radius 2 is 1.58 bits per heavy atom. The van der Waals surface area contributed by atoms with Crippen LogP contribution in [0.25, 0.3) is 11.1 Å². The van der Waals surface area contributed by atoms with Crippen LogP contribution in [0, 0.1) is 13.8 Å². The van der Waals surface area contributed by atoms with Gasteiger partial charge in [-0.05, 0) is 47.7 Å². The van der Waals surface area contributed by atoms with Gasteiger partial charge in [0.2, 0.25) is 0 Å². The minimum atomic E-state index is 0.517. The quantitative estimate of drug-likeness (QED) is 0.847. The predicted molar refractivity (Wildman–Crippen MR) is 83.3 cm³/mol. The fourth-order valence-corrected chi connectivity index (χ4v) is 2.27. The first kappa shape index (κ1) is 13.8. The molecule has 1 N–H and O–H groups in total. The number of hydrogen-bond donors (Lipinski definition) is 1. The Morgan fingerprint density at radius 3 is 2.26 bits per heavy atom. The topological polar surface area (TPSA) is 12.0 Å². The van der Waals surface area contributed by atoms with Crippen LogP contribution in [0.3, 0.4) is 0 Å². The molecule has 2 rings (SSSR count). The SMILES string of the molecule is Cc1ccccc1-c1cc(CNC(C)C)ccc1C. The summed E-state index contributed by atoms with van der Waals surface area (Å²) in [5.41, 5.74) is 6.70. The number of aryl methyl sites for hydroxylation is 2. The molecule has 1 nitrogen and oxygen atoms in total. The molecule has 2 aromatic rings. The summed E-state index contributed by atoms with van der Waals surface area (Å²) in [4.78, 5) is 0. The summed E-state index contributed by atoms with van der Waals surface area (Å²) < 4.78 is 0. The van der Waals surface area contributed by atoms with Crippen LogP contribution in [0.2, 0.25) is 0 Å². The predicted octanol–water partition coefficient (Wildman–Crippen LogP) is 4.47. The second-order valence-electron chi connectivity index (χ2n) is 5.50. The van der Waals surface area contributed by atoms with Crippen molar-refractivity contribution in [2.45, 2.75) is 40.3 Å². The maximum absolute atomic E-state index is 3.47. The summed E-state index contributed by atoms with van der Waals surface area (Å²) in [6, 6.07) is 15.9. The molecular formula is C18H23N. The van der Waals surface area contributed by atoms with Crippen LogP contribution < -0.4 is 5.32 Å². The molecule has 0 bridgehead atoms. The van der Waals surface area contributed by atoms with Crippen molar-refractivity contribution in [1.29, 1.82) is 0 Å². The van der Waals surface area contributed by atoms with Gasteiger partial charge in [0, 0.05) is 12.6 Å². The molecule has 2 aromatic carbocycles. The summed E-state index contributed by atoms with van der Waals surface area (Å²) in [5, 5.41) is 3.47. The largest absolute Gasteiger partial charge is 0.310 e. The van der Waals surface area contributed by atoms with Crippen LogP contribution in [0.5, 0.6) is 0 Å². The summed E-state index contributed by atoms with van der Waals surface area (Å²) in [5.74, 6) is 0. The van der Waals surface area contributed by atoms with Gasteiger partial charge < -0.3 is 5.32 Å². The Morgan fingerprint density at radius 1 is 0.895 bits per heavy atom. The molecule has 0 fully saturated rings. The van der Waals surface area contributed by atoms with Crippen molar-refractivity contribution in [3.8, 4) is 11.1 Å². The summed E-state index contributed by atoms with van der Waals surface area (Å²) in [6.07, 6.45) is 0. The molecule has 0 spiro atoms. The van der Waals surface area contributed by atoms with Gasteiger partial charge in [0.15, 0.2) is 0 Å². The zero-order chi connectivity index (χ0) is 13.8. The van der Waals surface area contributed by atoms with Crippen LogP contribution in [-0.4, -0.2) is 6.04 Å². The molecule has 0 aliphatic heterocycles. The number of hydrogen-bond acceptors (Lipinski definition) is 1. The number of nitrogens with one attached hydrogen (secondary N) is 1. The molecule has 1 heteroatoms. The average molecular weight is 253 g/mol. The zero-order valence-electron chi connectivity index (χ0n) is 12.3. The molecule has 19 heavy (non-hydrogen) atoms. The van der Waals surface area contributed by atoms with E-state index in [4.69, 9.17) is 0 Å². The molecule has 0 aliphatic carbocycles. The summed E-state index contributed by atoms with van der Waals surface area (Å²) in [6.45, 7) is 9.64. The van der Waals surface area contributed by atoms with Crippen molar-refractivity contribution < 1.29 is 0 Å². The third-order valence-corrected chi connectivity index (χ3v) is 3.45. The molecular weight excluding hydrogens is 230 g/mol. The monoisotopic (exact) mass is 253 g/mol. The smallest absolute Gasteiger partial charge is 0.0208 e. The number of rotatable bonds is 4. The standard InChI is InChI=1S/C18H23N/c1-13(2)19-12-16-10-9-15(4)18(11-16)17-8-6-5-7-14(17)3/h5-11,13,19H,12H2,1-4H3. The van der Waals surface area contributed by atoms with Gasteiger partial charge in [-0.3, -0.25) is 0 Å². The molecule has 0 unspecified atom stereocenters. The zero-order valence-corrected chi connectivity index (χ0v) is 12.3. The van der Waals surface area contributed by atoms with E-state index in [0.717, 1.165) is 6.54 Å². The van der Waals surface area contributed by atoms with E-state index >= 15 is 0 Å². The lowest BCUT2D eigenvalue weighted by Crippen LogP contribution is -2.21.